The third-order valence-corrected chi connectivity index (χ3v) is 6.43. The Morgan fingerprint density at radius 2 is 1.77 bits per heavy atom. The SMILES string of the molecule is CC(C)n1cc(C(=O)O)c(=O)n(-c2ccc(F)cc2)c1=O.Cn1cnc(-c2cc(Oc3ccc(N)cn3)c3ccnn3c2)c1. The quantitative estimate of drug-likeness (QED) is 0.289. The van der Waals surface area contributed by atoms with Crippen molar-refractivity contribution in [1.29, 1.82) is 0 Å². The highest BCUT2D eigenvalue weighted by Crippen LogP contribution is 2.30. The van der Waals surface area contributed by atoms with E-state index in [1.54, 1.807) is 49.2 Å². The van der Waals surface area contributed by atoms with Crippen molar-refractivity contribution < 1.29 is 19.0 Å². The maximum atomic E-state index is 13.0. The van der Waals surface area contributed by atoms with Gasteiger partial charge >= 0.3 is 11.7 Å². The van der Waals surface area contributed by atoms with Gasteiger partial charge in [-0.25, -0.2) is 33.0 Å². The summed E-state index contributed by atoms with van der Waals surface area (Å²) in [6, 6.07) is 11.6. The molecule has 0 atom stereocenters. The lowest BCUT2D eigenvalue weighted by Crippen LogP contribution is -2.41. The number of aromatic nitrogens is 7. The van der Waals surface area contributed by atoms with Crippen molar-refractivity contribution in [3.8, 4) is 28.6 Å². The molecule has 0 saturated heterocycles. The topological polar surface area (TPSA) is 165 Å². The van der Waals surface area contributed by atoms with Crippen molar-refractivity contribution >= 4 is 17.2 Å². The van der Waals surface area contributed by atoms with E-state index in [0.717, 1.165) is 44.2 Å². The fraction of sp³-hybridized carbons (Fsp3) is 0.133. The molecule has 0 saturated carbocycles. The summed E-state index contributed by atoms with van der Waals surface area (Å²) in [6.45, 7) is 3.37. The van der Waals surface area contributed by atoms with Gasteiger partial charge in [-0.05, 0) is 56.3 Å². The number of nitrogen functional groups attached to an aromatic ring is 1. The van der Waals surface area contributed by atoms with Gasteiger partial charge < -0.3 is 20.1 Å². The summed E-state index contributed by atoms with van der Waals surface area (Å²) in [5.74, 6) is -0.820. The molecule has 3 N–H and O–H groups in total. The van der Waals surface area contributed by atoms with E-state index in [2.05, 4.69) is 15.1 Å². The summed E-state index contributed by atoms with van der Waals surface area (Å²) >= 11 is 0. The summed E-state index contributed by atoms with van der Waals surface area (Å²) in [4.78, 5) is 44.2. The van der Waals surface area contributed by atoms with Crippen LogP contribution in [0.1, 0.15) is 30.2 Å². The van der Waals surface area contributed by atoms with E-state index in [-0.39, 0.29) is 11.7 Å². The fourth-order valence-electron chi connectivity index (χ4n) is 4.25. The van der Waals surface area contributed by atoms with Gasteiger partial charge in [0.1, 0.15) is 16.9 Å². The number of fused-ring (bicyclic) bond motifs is 1. The number of carboxylic acids is 1. The Bertz CT molecular complexity index is 2080. The van der Waals surface area contributed by atoms with Crippen molar-refractivity contribution in [2.75, 3.05) is 5.73 Å². The zero-order valence-corrected chi connectivity index (χ0v) is 23.8. The molecule has 5 aromatic heterocycles. The number of anilines is 1. The summed E-state index contributed by atoms with van der Waals surface area (Å²) in [5, 5.41) is 13.4. The van der Waals surface area contributed by atoms with E-state index in [0.29, 0.717) is 17.3 Å². The van der Waals surface area contributed by atoms with Crippen molar-refractivity contribution in [3.63, 3.8) is 0 Å². The van der Waals surface area contributed by atoms with E-state index in [1.807, 2.05) is 36.1 Å². The van der Waals surface area contributed by atoms with Gasteiger partial charge in [0, 0.05) is 43.3 Å². The molecule has 0 unspecified atom stereocenters. The molecule has 0 aliphatic heterocycles. The van der Waals surface area contributed by atoms with Gasteiger partial charge in [0.05, 0.1) is 35.8 Å². The number of benzene rings is 1. The average molecular weight is 599 g/mol. The molecule has 6 rings (SSSR count). The molecule has 13 nitrogen and oxygen atoms in total. The molecule has 5 heterocycles. The van der Waals surface area contributed by atoms with Crippen LogP contribution in [0.3, 0.4) is 0 Å². The summed E-state index contributed by atoms with van der Waals surface area (Å²) in [7, 11) is 1.93. The largest absolute Gasteiger partial charge is 0.477 e. The summed E-state index contributed by atoms with van der Waals surface area (Å²) < 4.78 is 24.4. The molecule has 0 aliphatic rings. The number of aromatic carboxylic acids is 1. The zero-order valence-electron chi connectivity index (χ0n) is 23.8. The lowest BCUT2D eigenvalue weighted by Gasteiger charge is -2.14. The van der Waals surface area contributed by atoms with Crippen molar-refractivity contribution in [2.45, 2.75) is 19.9 Å². The van der Waals surface area contributed by atoms with Crippen LogP contribution >= 0.6 is 0 Å². The Kier molecular flexibility index (Phi) is 8.06. The number of aryl methyl sites for hydroxylation is 1. The first-order valence-corrected chi connectivity index (χ1v) is 13.2. The van der Waals surface area contributed by atoms with Crippen LogP contribution in [0.2, 0.25) is 0 Å². The summed E-state index contributed by atoms with van der Waals surface area (Å²) in [5.41, 5.74) is 6.82. The molecule has 0 amide bonds. The van der Waals surface area contributed by atoms with Gasteiger partial charge in [-0.2, -0.15) is 5.10 Å². The number of carboxylic acid groups (broad SMARTS) is 1. The Morgan fingerprint density at radius 3 is 2.39 bits per heavy atom. The maximum absolute atomic E-state index is 13.0. The van der Waals surface area contributed by atoms with Crippen molar-refractivity contribution in [2.24, 2.45) is 7.05 Å². The smallest absolute Gasteiger partial charge is 0.342 e. The number of ether oxygens (including phenoxy) is 1. The average Bonchev–Trinajstić information content (AvgIpc) is 3.64. The van der Waals surface area contributed by atoms with Crippen LogP contribution in [0, 0.1) is 5.82 Å². The van der Waals surface area contributed by atoms with E-state index in [9.17, 15) is 18.8 Å². The first-order chi connectivity index (χ1) is 21.0. The van der Waals surface area contributed by atoms with E-state index >= 15 is 0 Å². The van der Waals surface area contributed by atoms with Gasteiger partial charge in [-0.3, -0.25) is 9.36 Å². The number of hydrogen-bond acceptors (Lipinski definition) is 8. The van der Waals surface area contributed by atoms with E-state index in [4.69, 9.17) is 15.6 Å². The molecule has 0 fully saturated rings. The molecule has 14 heteroatoms. The zero-order chi connectivity index (χ0) is 31.5. The van der Waals surface area contributed by atoms with Crippen LogP contribution in [0.15, 0.2) is 95.4 Å². The molecule has 44 heavy (non-hydrogen) atoms. The second kappa shape index (κ2) is 12.1. The Morgan fingerprint density at radius 1 is 1.02 bits per heavy atom. The van der Waals surface area contributed by atoms with Crippen LogP contribution in [0.4, 0.5) is 10.1 Å². The molecule has 0 spiro atoms. The first kappa shape index (κ1) is 29.4. The van der Waals surface area contributed by atoms with E-state index < -0.39 is 28.6 Å². The molecular formula is C30H27FN8O5. The number of rotatable bonds is 6. The fourth-order valence-corrected chi connectivity index (χ4v) is 4.25. The number of pyridine rings is 2. The highest BCUT2D eigenvalue weighted by Gasteiger charge is 2.19. The lowest BCUT2D eigenvalue weighted by atomic mass is 10.2. The second-order valence-electron chi connectivity index (χ2n) is 9.96. The third kappa shape index (κ3) is 6.09. The van der Waals surface area contributed by atoms with Crippen LogP contribution in [0.25, 0.3) is 22.5 Å². The minimum Gasteiger partial charge on any atom is -0.477 e. The Hall–Kier alpha value is -6.05. The van der Waals surface area contributed by atoms with Gasteiger partial charge in [-0.15, -0.1) is 0 Å². The predicted molar refractivity (Wildman–Crippen MR) is 160 cm³/mol. The van der Waals surface area contributed by atoms with Crippen LogP contribution in [-0.4, -0.2) is 44.4 Å². The maximum Gasteiger partial charge on any atom is 0.342 e. The first-order valence-electron chi connectivity index (χ1n) is 13.2. The van der Waals surface area contributed by atoms with Gasteiger partial charge in [0.2, 0.25) is 5.88 Å². The molecule has 0 bridgehead atoms. The predicted octanol–water partition coefficient (Wildman–Crippen LogP) is 3.92. The van der Waals surface area contributed by atoms with Crippen LogP contribution in [-0.2, 0) is 7.05 Å². The minimum atomic E-state index is -1.43. The molecule has 224 valence electrons. The Balaban J connectivity index is 0.000000176. The number of nitrogens with zero attached hydrogens (tertiary/aromatic N) is 7. The number of imidazole rings is 1. The molecule has 6 aromatic rings. The molecule has 0 aliphatic carbocycles. The number of nitrogens with two attached hydrogens (primary N) is 1. The van der Waals surface area contributed by atoms with Gasteiger partial charge in [-0.1, -0.05) is 0 Å². The normalized spacial score (nSPS) is 10.9. The highest BCUT2D eigenvalue weighted by molar-refractivity contribution is 5.86. The molecule has 1 aromatic carbocycles. The minimum absolute atomic E-state index is 0.115. The highest BCUT2D eigenvalue weighted by atomic mass is 19.1. The third-order valence-electron chi connectivity index (χ3n) is 6.43. The number of halogens is 1. The monoisotopic (exact) mass is 598 g/mol. The summed E-state index contributed by atoms with van der Waals surface area (Å²) in [6.07, 6.45) is 9.92. The molecular weight excluding hydrogens is 571 g/mol. The van der Waals surface area contributed by atoms with Crippen LogP contribution in [0.5, 0.6) is 11.6 Å². The number of hydrogen-bond donors (Lipinski definition) is 2. The second-order valence-corrected chi connectivity index (χ2v) is 9.96. The molecule has 0 radical (unpaired) electrons. The number of carbonyl (C=O) groups is 1. The van der Waals surface area contributed by atoms with Crippen molar-refractivity contribution in [1.82, 2.24) is 33.3 Å². The lowest BCUT2D eigenvalue weighted by molar-refractivity contribution is 0.0693. The van der Waals surface area contributed by atoms with Crippen LogP contribution < -0.4 is 21.7 Å². The van der Waals surface area contributed by atoms with Gasteiger partial charge in [0.15, 0.2) is 5.75 Å². The van der Waals surface area contributed by atoms with Gasteiger partial charge in [0.25, 0.3) is 5.56 Å². The van der Waals surface area contributed by atoms with E-state index in [1.165, 1.54) is 12.1 Å². The Labute approximate surface area is 248 Å². The van der Waals surface area contributed by atoms with Crippen molar-refractivity contribution in [3.05, 3.63) is 118 Å². The standard InChI is InChI=1S/C16H14N6O.C14H13FN2O4/c1-21-9-13(19-10-21)11-6-15(14-4-5-20-22(14)8-11)23-16-3-2-12(17)7-18-16;1-8(2)16-7-11(13(19)20)12(18)17(14(16)21)10-5-3-9(15)4-6-10/h2-10H,17H2,1H3;3-8H,1-2H3,(H,19,20).